The largest absolute Gasteiger partial charge is 0.481 e. The Hall–Kier alpha value is -3.15. The number of rotatable bonds is 7. The number of nitrogens with zero attached hydrogens (tertiary/aromatic N) is 2. The predicted octanol–water partition coefficient (Wildman–Crippen LogP) is 3.24. The molecule has 3 aromatic rings. The van der Waals surface area contributed by atoms with Crippen molar-refractivity contribution in [2.75, 3.05) is 6.54 Å². The van der Waals surface area contributed by atoms with Gasteiger partial charge < -0.3 is 15.0 Å². The van der Waals surface area contributed by atoms with Crippen molar-refractivity contribution in [3.63, 3.8) is 0 Å². The highest BCUT2D eigenvalue weighted by Gasteiger charge is 2.33. The van der Waals surface area contributed by atoms with Gasteiger partial charge in [0.15, 0.2) is 0 Å². The van der Waals surface area contributed by atoms with Crippen LogP contribution in [-0.2, 0) is 9.59 Å². The van der Waals surface area contributed by atoms with Gasteiger partial charge in [-0.25, -0.2) is 4.98 Å². The number of para-hydroxylation sites is 2. The molecule has 2 unspecified atom stereocenters. The Balaban J connectivity index is 1.62. The van der Waals surface area contributed by atoms with Crippen molar-refractivity contribution in [3.05, 3.63) is 66.5 Å². The SMILES string of the molecule is O=C(O)C(CNC(=O)C(c1ccccc1)n1cnc2ccccc21)C1CCC1. The molecule has 2 atom stereocenters. The lowest BCUT2D eigenvalue weighted by Gasteiger charge is -2.31. The standard InChI is InChI=1S/C22H23N3O3/c26-21(23-13-17(22(27)28)15-9-6-10-15)20(16-7-2-1-3-8-16)25-14-24-18-11-4-5-12-19(18)25/h1-5,7-8,11-12,14-15,17,20H,6,9-10,13H2,(H,23,26)(H,27,28). The zero-order valence-corrected chi connectivity index (χ0v) is 15.5. The zero-order chi connectivity index (χ0) is 19.5. The lowest BCUT2D eigenvalue weighted by Crippen LogP contribution is -2.41. The first-order valence-electron chi connectivity index (χ1n) is 9.62. The molecule has 1 amide bonds. The fourth-order valence-corrected chi connectivity index (χ4v) is 3.86. The van der Waals surface area contributed by atoms with E-state index < -0.39 is 17.9 Å². The summed E-state index contributed by atoms with van der Waals surface area (Å²) in [4.78, 5) is 29.2. The highest BCUT2D eigenvalue weighted by molar-refractivity contribution is 5.87. The van der Waals surface area contributed by atoms with Crippen LogP contribution in [0, 0.1) is 11.8 Å². The molecule has 144 valence electrons. The van der Waals surface area contributed by atoms with Gasteiger partial charge in [0.05, 0.1) is 23.3 Å². The quantitative estimate of drug-likeness (QED) is 0.662. The molecule has 0 radical (unpaired) electrons. The number of aromatic nitrogens is 2. The molecule has 4 rings (SSSR count). The highest BCUT2D eigenvalue weighted by Crippen LogP contribution is 2.33. The summed E-state index contributed by atoms with van der Waals surface area (Å²) in [6.45, 7) is 0.148. The number of carbonyl (C=O) groups is 2. The van der Waals surface area contributed by atoms with Gasteiger partial charge in [0, 0.05) is 6.54 Å². The second-order valence-corrected chi connectivity index (χ2v) is 7.33. The smallest absolute Gasteiger partial charge is 0.308 e. The fraction of sp³-hybridized carbons (Fsp3) is 0.318. The predicted molar refractivity (Wildman–Crippen MR) is 106 cm³/mol. The number of nitrogens with one attached hydrogen (secondary N) is 1. The van der Waals surface area contributed by atoms with Gasteiger partial charge in [-0.1, -0.05) is 48.9 Å². The van der Waals surface area contributed by atoms with Crippen LogP contribution in [0.2, 0.25) is 0 Å². The number of fused-ring (bicyclic) bond motifs is 1. The van der Waals surface area contributed by atoms with Crippen molar-refractivity contribution < 1.29 is 14.7 Å². The van der Waals surface area contributed by atoms with Crippen LogP contribution in [-0.4, -0.2) is 33.1 Å². The third-order valence-electron chi connectivity index (χ3n) is 5.66. The molecule has 1 fully saturated rings. The van der Waals surface area contributed by atoms with Gasteiger partial charge in [-0.3, -0.25) is 9.59 Å². The van der Waals surface area contributed by atoms with E-state index in [0.717, 1.165) is 35.9 Å². The molecular formula is C22H23N3O3. The normalized spacial score (nSPS) is 16.3. The fourth-order valence-electron chi connectivity index (χ4n) is 3.86. The average Bonchev–Trinajstić information content (AvgIpc) is 3.08. The summed E-state index contributed by atoms with van der Waals surface area (Å²) in [5, 5.41) is 12.4. The van der Waals surface area contributed by atoms with E-state index in [0.29, 0.717) is 0 Å². The Bertz CT molecular complexity index is 979. The Labute approximate surface area is 163 Å². The third kappa shape index (κ3) is 3.50. The van der Waals surface area contributed by atoms with Crippen LogP contribution in [0.4, 0.5) is 0 Å². The third-order valence-corrected chi connectivity index (χ3v) is 5.66. The molecule has 28 heavy (non-hydrogen) atoms. The molecule has 0 spiro atoms. The number of carbonyl (C=O) groups excluding carboxylic acids is 1. The molecule has 6 nitrogen and oxygen atoms in total. The summed E-state index contributed by atoms with van der Waals surface area (Å²) in [5.41, 5.74) is 2.51. The van der Waals surface area contributed by atoms with Crippen molar-refractivity contribution in [2.24, 2.45) is 11.8 Å². The van der Waals surface area contributed by atoms with Crippen molar-refractivity contribution in [2.45, 2.75) is 25.3 Å². The minimum absolute atomic E-state index is 0.148. The number of amides is 1. The topological polar surface area (TPSA) is 84.2 Å². The first kappa shape index (κ1) is 18.2. The molecule has 1 aliphatic carbocycles. The van der Waals surface area contributed by atoms with Gasteiger partial charge in [0.1, 0.15) is 6.04 Å². The van der Waals surface area contributed by atoms with E-state index in [1.54, 1.807) is 6.33 Å². The summed E-state index contributed by atoms with van der Waals surface area (Å²) in [5.74, 6) is -1.44. The van der Waals surface area contributed by atoms with Crippen LogP contribution in [0.15, 0.2) is 60.9 Å². The van der Waals surface area contributed by atoms with E-state index in [1.165, 1.54) is 0 Å². The minimum Gasteiger partial charge on any atom is -0.481 e. The maximum atomic E-state index is 13.2. The number of aliphatic carboxylic acids is 1. The van der Waals surface area contributed by atoms with Crippen molar-refractivity contribution >= 4 is 22.9 Å². The Morgan fingerprint density at radius 1 is 1.11 bits per heavy atom. The number of hydrogen-bond acceptors (Lipinski definition) is 3. The molecule has 0 aliphatic heterocycles. The summed E-state index contributed by atoms with van der Waals surface area (Å²) in [6.07, 6.45) is 4.57. The highest BCUT2D eigenvalue weighted by atomic mass is 16.4. The zero-order valence-electron chi connectivity index (χ0n) is 15.5. The molecule has 1 heterocycles. The number of imidazole rings is 1. The number of hydrogen-bond donors (Lipinski definition) is 2. The van der Waals surface area contributed by atoms with E-state index >= 15 is 0 Å². The minimum atomic E-state index is -0.839. The molecular weight excluding hydrogens is 354 g/mol. The van der Waals surface area contributed by atoms with E-state index in [1.807, 2.05) is 59.2 Å². The summed E-state index contributed by atoms with van der Waals surface area (Å²) >= 11 is 0. The second-order valence-electron chi connectivity index (χ2n) is 7.33. The van der Waals surface area contributed by atoms with Crippen LogP contribution in [0.25, 0.3) is 11.0 Å². The number of benzene rings is 2. The van der Waals surface area contributed by atoms with Gasteiger partial charge in [-0.05, 0) is 36.5 Å². The molecule has 0 saturated heterocycles. The molecule has 2 aromatic carbocycles. The van der Waals surface area contributed by atoms with Gasteiger partial charge in [0.2, 0.25) is 5.91 Å². The molecule has 1 saturated carbocycles. The Morgan fingerprint density at radius 2 is 1.82 bits per heavy atom. The summed E-state index contributed by atoms with van der Waals surface area (Å²) < 4.78 is 1.85. The molecule has 6 heteroatoms. The van der Waals surface area contributed by atoms with Crippen LogP contribution >= 0.6 is 0 Å². The first-order chi connectivity index (χ1) is 13.6. The van der Waals surface area contributed by atoms with Crippen LogP contribution < -0.4 is 5.32 Å². The van der Waals surface area contributed by atoms with Gasteiger partial charge >= 0.3 is 5.97 Å². The second kappa shape index (κ2) is 7.84. The number of carboxylic acids is 1. The van der Waals surface area contributed by atoms with E-state index in [4.69, 9.17) is 0 Å². The Morgan fingerprint density at radius 3 is 2.50 bits per heavy atom. The van der Waals surface area contributed by atoms with Crippen LogP contribution in [0.5, 0.6) is 0 Å². The molecule has 2 N–H and O–H groups in total. The van der Waals surface area contributed by atoms with Crippen LogP contribution in [0.1, 0.15) is 30.9 Å². The van der Waals surface area contributed by atoms with Gasteiger partial charge in [-0.2, -0.15) is 0 Å². The van der Waals surface area contributed by atoms with Gasteiger partial charge in [-0.15, -0.1) is 0 Å². The lowest BCUT2D eigenvalue weighted by molar-refractivity contribution is -0.144. The number of carboxylic acid groups (broad SMARTS) is 1. The van der Waals surface area contributed by atoms with E-state index in [2.05, 4.69) is 10.3 Å². The first-order valence-corrected chi connectivity index (χ1v) is 9.62. The monoisotopic (exact) mass is 377 g/mol. The van der Waals surface area contributed by atoms with Crippen LogP contribution in [0.3, 0.4) is 0 Å². The van der Waals surface area contributed by atoms with Crippen molar-refractivity contribution in [3.8, 4) is 0 Å². The summed E-state index contributed by atoms with van der Waals surface area (Å²) in [7, 11) is 0. The van der Waals surface area contributed by atoms with Gasteiger partial charge in [0.25, 0.3) is 0 Å². The lowest BCUT2D eigenvalue weighted by atomic mass is 9.76. The molecule has 1 aromatic heterocycles. The maximum absolute atomic E-state index is 13.2. The van der Waals surface area contributed by atoms with Crippen molar-refractivity contribution in [1.82, 2.24) is 14.9 Å². The Kier molecular flexibility index (Phi) is 5.10. The summed E-state index contributed by atoms with van der Waals surface area (Å²) in [6, 6.07) is 16.5. The van der Waals surface area contributed by atoms with E-state index in [-0.39, 0.29) is 18.4 Å². The van der Waals surface area contributed by atoms with Crippen molar-refractivity contribution in [1.29, 1.82) is 0 Å². The maximum Gasteiger partial charge on any atom is 0.308 e. The molecule has 0 bridgehead atoms. The van der Waals surface area contributed by atoms with E-state index in [9.17, 15) is 14.7 Å². The molecule has 1 aliphatic rings. The average molecular weight is 377 g/mol.